The Morgan fingerprint density at radius 2 is 1.83 bits per heavy atom. The Morgan fingerprint density at radius 1 is 1.33 bits per heavy atom. The number of hydrazine groups is 1. The van der Waals surface area contributed by atoms with Crippen LogP contribution in [0.5, 0.6) is 0 Å². The van der Waals surface area contributed by atoms with E-state index in [2.05, 4.69) is 0 Å². The number of hydrogen-bond acceptors (Lipinski definition) is 5. The Labute approximate surface area is 70.9 Å². The molecule has 12 heavy (non-hydrogen) atoms. The summed E-state index contributed by atoms with van der Waals surface area (Å²) in [4.78, 5) is 12.3. The Balaban J connectivity index is 3.68. The van der Waals surface area contributed by atoms with E-state index in [-0.39, 0.29) is 25.7 Å². The highest BCUT2D eigenvalue weighted by molar-refractivity contribution is 5.77. The number of amides is 1. The number of carbonyl (C=O) groups excluding carboxylic acids is 1. The van der Waals surface area contributed by atoms with E-state index in [0.717, 1.165) is 0 Å². The zero-order valence-electron chi connectivity index (χ0n) is 6.86. The maximum absolute atomic E-state index is 10.7. The first kappa shape index (κ1) is 11.3. The molecule has 0 saturated carbocycles. The Hall–Kier alpha value is -0.690. The van der Waals surface area contributed by atoms with Gasteiger partial charge in [-0.05, 0) is 0 Å². The van der Waals surface area contributed by atoms with Crippen LogP contribution in [0.1, 0.15) is 0 Å². The van der Waals surface area contributed by atoms with E-state index >= 15 is 0 Å². The second-order valence-corrected chi connectivity index (χ2v) is 2.29. The Morgan fingerprint density at radius 3 is 2.17 bits per heavy atom. The molecule has 0 heterocycles. The van der Waals surface area contributed by atoms with Gasteiger partial charge in [0.15, 0.2) is 0 Å². The number of nitrogens with zero attached hydrogens (tertiary/aromatic N) is 1. The first-order chi connectivity index (χ1) is 5.74. The van der Waals surface area contributed by atoms with Gasteiger partial charge in [0, 0.05) is 13.1 Å². The molecule has 6 nitrogen and oxygen atoms in total. The quantitative estimate of drug-likeness (QED) is 0.200. The molecule has 0 fully saturated rings. The maximum atomic E-state index is 10.7. The molecule has 72 valence electrons. The molecule has 0 aliphatic heterocycles. The lowest BCUT2D eigenvalue weighted by atomic mass is 10.4. The van der Waals surface area contributed by atoms with Gasteiger partial charge in [-0.1, -0.05) is 0 Å². The molecule has 0 rings (SSSR count). The summed E-state index contributed by atoms with van der Waals surface area (Å²) in [7, 11) is 0. The monoisotopic (exact) mass is 177 g/mol. The summed E-state index contributed by atoms with van der Waals surface area (Å²) in [6, 6.07) is 0. The Bertz CT molecular complexity index is 125. The molecule has 0 spiro atoms. The van der Waals surface area contributed by atoms with Crippen molar-refractivity contribution in [3.8, 4) is 0 Å². The summed E-state index contributed by atoms with van der Waals surface area (Å²) < 4.78 is 0. The standard InChI is InChI=1S/C6H15N3O3/c7-8-6(12)5-9(1-3-10)2-4-11/h10-11H,1-5,7H2,(H,8,12). The van der Waals surface area contributed by atoms with Crippen molar-refractivity contribution in [2.45, 2.75) is 0 Å². The van der Waals surface area contributed by atoms with Gasteiger partial charge in [-0.15, -0.1) is 0 Å². The fourth-order valence-corrected chi connectivity index (χ4v) is 0.801. The number of nitrogens with one attached hydrogen (secondary N) is 1. The van der Waals surface area contributed by atoms with Gasteiger partial charge in [-0.2, -0.15) is 0 Å². The number of hydrogen-bond donors (Lipinski definition) is 4. The Kier molecular flexibility index (Phi) is 6.58. The lowest BCUT2D eigenvalue weighted by Gasteiger charge is -2.18. The molecular weight excluding hydrogens is 162 g/mol. The first-order valence-corrected chi connectivity index (χ1v) is 3.68. The highest BCUT2D eigenvalue weighted by atomic mass is 16.3. The first-order valence-electron chi connectivity index (χ1n) is 3.68. The van der Waals surface area contributed by atoms with E-state index in [1.54, 1.807) is 4.90 Å². The molecule has 0 aliphatic carbocycles. The summed E-state index contributed by atoms with van der Waals surface area (Å²) in [5.74, 6) is 4.53. The lowest BCUT2D eigenvalue weighted by Crippen LogP contribution is -2.42. The van der Waals surface area contributed by atoms with Crippen molar-refractivity contribution in [2.24, 2.45) is 5.84 Å². The fraction of sp³-hybridized carbons (Fsp3) is 0.833. The third-order valence-corrected chi connectivity index (χ3v) is 1.36. The van der Waals surface area contributed by atoms with Gasteiger partial charge in [0.25, 0.3) is 0 Å². The smallest absolute Gasteiger partial charge is 0.248 e. The van der Waals surface area contributed by atoms with Gasteiger partial charge in [0.2, 0.25) is 5.91 Å². The molecule has 5 N–H and O–H groups in total. The van der Waals surface area contributed by atoms with Crippen molar-refractivity contribution in [3.05, 3.63) is 0 Å². The van der Waals surface area contributed by atoms with Crippen molar-refractivity contribution >= 4 is 5.91 Å². The molecule has 0 aliphatic rings. The second kappa shape index (κ2) is 6.99. The van der Waals surface area contributed by atoms with Crippen LogP contribution >= 0.6 is 0 Å². The van der Waals surface area contributed by atoms with Gasteiger partial charge >= 0.3 is 0 Å². The second-order valence-electron chi connectivity index (χ2n) is 2.29. The normalized spacial score (nSPS) is 10.3. The SMILES string of the molecule is NNC(=O)CN(CCO)CCO. The van der Waals surface area contributed by atoms with E-state index in [0.29, 0.717) is 13.1 Å². The molecular formula is C6H15N3O3. The third kappa shape index (κ3) is 5.03. The van der Waals surface area contributed by atoms with E-state index < -0.39 is 0 Å². The van der Waals surface area contributed by atoms with Crippen LogP contribution in [0.3, 0.4) is 0 Å². The summed E-state index contributed by atoms with van der Waals surface area (Å²) in [6.07, 6.45) is 0. The molecule has 0 aromatic rings. The highest BCUT2D eigenvalue weighted by Gasteiger charge is 2.07. The molecule has 0 bridgehead atoms. The van der Waals surface area contributed by atoms with Crippen molar-refractivity contribution in [1.82, 2.24) is 10.3 Å². The van der Waals surface area contributed by atoms with Crippen LogP contribution in [-0.4, -0.2) is 53.9 Å². The van der Waals surface area contributed by atoms with Crippen molar-refractivity contribution in [1.29, 1.82) is 0 Å². The zero-order chi connectivity index (χ0) is 9.40. The van der Waals surface area contributed by atoms with Crippen LogP contribution in [0.2, 0.25) is 0 Å². The van der Waals surface area contributed by atoms with Crippen LogP contribution in [0.15, 0.2) is 0 Å². The van der Waals surface area contributed by atoms with Crippen LogP contribution in [0.25, 0.3) is 0 Å². The van der Waals surface area contributed by atoms with Gasteiger partial charge in [0.05, 0.1) is 19.8 Å². The van der Waals surface area contributed by atoms with Crippen molar-refractivity contribution < 1.29 is 15.0 Å². The van der Waals surface area contributed by atoms with E-state index in [1.165, 1.54) is 0 Å². The summed E-state index contributed by atoms with van der Waals surface area (Å²) >= 11 is 0. The maximum Gasteiger partial charge on any atom is 0.248 e. The molecule has 0 aromatic carbocycles. The molecule has 6 heteroatoms. The van der Waals surface area contributed by atoms with Crippen LogP contribution in [0, 0.1) is 0 Å². The van der Waals surface area contributed by atoms with Gasteiger partial charge < -0.3 is 10.2 Å². The minimum absolute atomic E-state index is 0.0438. The minimum atomic E-state index is -0.336. The predicted octanol–water partition coefficient (Wildman–Crippen LogP) is -2.74. The highest BCUT2D eigenvalue weighted by Crippen LogP contribution is 1.85. The van der Waals surface area contributed by atoms with Crippen LogP contribution in [0.4, 0.5) is 0 Å². The fourth-order valence-electron chi connectivity index (χ4n) is 0.801. The molecule has 1 amide bonds. The van der Waals surface area contributed by atoms with E-state index in [4.69, 9.17) is 16.1 Å². The average Bonchev–Trinajstić information content (AvgIpc) is 2.05. The number of aliphatic hydroxyl groups excluding tert-OH is 2. The molecule has 0 atom stereocenters. The van der Waals surface area contributed by atoms with E-state index in [9.17, 15) is 4.79 Å². The van der Waals surface area contributed by atoms with Gasteiger partial charge in [-0.3, -0.25) is 15.1 Å². The van der Waals surface area contributed by atoms with Crippen LogP contribution in [-0.2, 0) is 4.79 Å². The molecule has 0 saturated heterocycles. The van der Waals surface area contributed by atoms with Gasteiger partial charge in [-0.25, -0.2) is 5.84 Å². The lowest BCUT2D eigenvalue weighted by molar-refractivity contribution is -0.122. The zero-order valence-corrected chi connectivity index (χ0v) is 6.86. The molecule has 0 aromatic heterocycles. The molecule has 0 unspecified atom stereocenters. The third-order valence-electron chi connectivity index (χ3n) is 1.36. The average molecular weight is 177 g/mol. The predicted molar refractivity (Wildman–Crippen MR) is 42.9 cm³/mol. The summed E-state index contributed by atoms with van der Waals surface area (Å²) in [6.45, 7) is 0.718. The summed E-state index contributed by atoms with van der Waals surface area (Å²) in [5.41, 5.74) is 1.97. The minimum Gasteiger partial charge on any atom is -0.395 e. The molecule has 0 radical (unpaired) electrons. The van der Waals surface area contributed by atoms with Crippen LogP contribution < -0.4 is 11.3 Å². The topological polar surface area (TPSA) is 98.8 Å². The van der Waals surface area contributed by atoms with E-state index in [1.807, 2.05) is 5.43 Å². The summed E-state index contributed by atoms with van der Waals surface area (Å²) in [5, 5.41) is 17.1. The number of carbonyl (C=O) groups is 1. The van der Waals surface area contributed by atoms with Gasteiger partial charge in [0.1, 0.15) is 0 Å². The number of aliphatic hydroxyl groups is 2. The van der Waals surface area contributed by atoms with Crippen molar-refractivity contribution in [2.75, 3.05) is 32.8 Å². The number of nitrogens with two attached hydrogens (primary N) is 1. The largest absolute Gasteiger partial charge is 0.395 e. The van der Waals surface area contributed by atoms with Crippen molar-refractivity contribution in [3.63, 3.8) is 0 Å². The number of rotatable bonds is 6.